The van der Waals surface area contributed by atoms with Gasteiger partial charge in [-0.25, -0.2) is 4.98 Å². The molecule has 5 rings (SSSR count). The number of benzene rings is 1. The predicted octanol–water partition coefficient (Wildman–Crippen LogP) is 2.50. The molecule has 1 unspecified atom stereocenters. The van der Waals surface area contributed by atoms with Crippen LogP contribution >= 0.6 is 11.6 Å². The lowest BCUT2D eigenvalue weighted by molar-refractivity contribution is 0.00777. The number of hydrogen-bond acceptors (Lipinski definition) is 5. The molecule has 156 valence electrons. The molecule has 1 amide bonds. The van der Waals surface area contributed by atoms with Gasteiger partial charge in [0, 0.05) is 29.9 Å². The van der Waals surface area contributed by atoms with E-state index in [-0.39, 0.29) is 28.1 Å². The van der Waals surface area contributed by atoms with E-state index in [0.29, 0.717) is 34.5 Å². The summed E-state index contributed by atoms with van der Waals surface area (Å²) >= 11 is 6.18. The summed E-state index contributed by atoms with van der Waals surface area (Å²) in [5.41, 5.74) is 2.06. The first-order chi connectivity index (χ1) is 14.5. The number of rotatable bonds is 4. The SMILES string of the molecule is CCN1CCC[C@H]1CN1C(=O)c2cc3nc(-c4c(Cl)cc[nH]c4=O)[nH]c3cc2C1O. The normalized spacial score (nSPS) is 21.7. The number of carbonyl (C=O) groups is 1. The number of pyridine rings is 1. The Hall–Kier alpha value is -2.68. The van der Waals surface area contributed by atoms with E-state index in [0.717, 1.165) is 25.9 Å². The first-order valence-electron chi connectivity index (χ1n) is 10.1. The third kappa shape index (κ3) is 2.94. The Morgan fingerprint density at radius 3 is 2.93 bits per heavy atom. The summed E-state index contributed by atoms with van der Waals surface area (Å²) in [7, 11) is 0. The molecule has 3 aromatic rings. The number of carbonyl (C=O) groups excluding carboxylic acids is 1. The van der Waals surface area contributed by atoms with Crippen LogP contribution < -0.4 is 5.56 Å². The number of aromatic amines is 2. The summed E-state index contributed by atoms with van der Waals surface area (Å²) in [5.74, 6) is 0.131. The summed E-state index contributed by atoms with van der Waals surface area (Å²) in [4.78, 5) is 39.3. The quantitative estimate of drug-likeness (QED) is 0.593. The number of amides is 1. The number of aliphatic hydroxyl groups is 1. The van der Waals surface area contributed by atoms with Crippen molar-refractivity contribution in [2.45, 2.75) is 32.0 Å². The van der Waals surface area contributed by atoms with Crippen molar-refractivity contribution in [1.82, 2.24) is 24.8 Å². The molecule has 1 aromatic carbocycles. The summed E-state index contributed by atoms with van der Waals surface area (Å²) in [5, 5.41) is 11.2. The monoisotopic (exact) mass is 427 g/mol. The van der Waals surface area contributed by atoms with Crippen LogP contribution in [0.2, 0.25) is 5.02 Å². The first kappa shape index (κ1) is 19.3. The summed E-state index contributed by atoms with van der Waals surface area (Å²) in [6.07, 6.45) is 2.62. The van der Waals surface area contributed by atoms with Crippen molar-refractivity contribution < 1.29 is 9.90 Å². The van der Waals surface area contributed by atoms with Gasteiger partial charge in [0.05, 0.1) is 16.1 Å². The second kappa shape index (κ2) is 7.23. The van der Waals surface area contributed by atoms with Crippen LogP contribution in [0.4, 0.5) is 0 Å². The van der Waals surface area contributed by atoms with Gasteiger partial charge in [-0.05, 0) is 44.1 Å². The number of halogens is 1. The van der Waals surface area contributed by atoms with E-state index >= 15 is 0 Å². The number of likely N-dealkylation sites (tertiary alicyclic amines) is 1. The van der Waals surface area contributed by atoms with Crippen LogP contribution in [0.1, 0.15) is 41.9 Å². The number of hydrogen-bond donors (Lipinski definition) is 3. The van der Waals surface area contributed by atoms with E-state index in [1.807, 2.05) is 0 Å². The summed E-state index contributed by atoms with van der Waals surface area (Å²) in [6, 6.07) is 5.26. The van der Waals surface area contributed by atoms with Crippen molar-refractivity contribution in [2.24, 2.45) is 0 Å². The average molecular weight is 428 g/mol. The largest absolute Gasteiger partial charge is 0.369 e. The van der Waals surface area contributed by atoms with E-state index in [1.165, 1.54) is 6.20 Å². The fourth-order valence-corrected chi connectivity index (χ4v) is 4.87. The van der Waals surface area contributed by atoms with Crippen LogP contribution in [-0.4, -0.2) is 61.4 Å². The lowest BCUT2D eigenvalue weighted by Gasteiger charge is -2.29. The van der Waals surface area contributed by atoms with Crippen molar-refractivity contribution in [3.8, 4) is 11.4 Å². The maximum absolute atomic E-state index is 13.1. The number of imidazole rings is 1. The fraction of sp³-hybridized carbons (Fsp3) is 0.381. The molecule has 0 radical (unpaired) electrons. The van der Waals surface area contributed by atoms with Gasteiger partial charge in [0.15, 0.2) is 6.23 Å². The second-order valence-electron chi connectivity index (χ2n) is 7.83. The molecule has 0 aliphatic carbocycles. The van der Waals surface area contributed by atoms with Gasteiger partial charge in [-0.15, -0.1) is 0 Å². The average Bonchev–Trinajstić information content (AvgIpc) is 3.40. The zero-order valence-electron chi connectivity index (χ0n) is 16.5. The van der Waals surface area contributed by atoms with Crippen LogP contribution in [0.25, 0.3) is 22.4 Å². The van der Waals surface area contributed by atoms with Crippen LogP contribution in [0, 0.1) is 0 Å². The molecule has 9 heteroatoms. The van der Waals surface area contributed by atoms with Crippen LogP contribution in [0.3, 0.4) is 0 Å². The summed E-state index contributed by atoms with van der Waals surface area (Å²) < 4.78 is 0. The standard InChI is InChI=1S/C21H22ClN5O3/c1-2-26-7-3-4-11(26)10-27-20(29)12-8-15-16(9-13(12)21(27)30)25-18(24-15)17-14(22)5-6-23-19(17)28/h5-6,8-9,11,20,29H,2-4,7,10H2,1H3,(H,23,28)(H,24,25)/t11-,20?/m0/s1. The topological polar surface area (TPSA) is 105 Å². The van der Waals surface area contributed by atoms with Crippen molar-refractivity contribution in [3.05, 3.63) is 50.9 Å². The molecule has 2 aliphatic heterocycles. The van der Waals surface area contributed by atoms with Crippen molar-refractivity contribution in [3.63, 3.8) is 0 Å². The van der Waals surface area contributed by atoms with Crippen molar-refractivity contribution in [1.29, 1.82) is 0 Å². The maximum atomic E-state index is 13.1. The highest BCUT2D eigenvalue weighted by Gasteiger charge is 2.39. The molecule has 2 atom stereocenters. The van der Waals surface area contributed by atoms with Gasteiger partial charge in [0.1, 0.15) is 11.4 Å². The Labute approximate surface area is 177 Å². The number of fused-ring (bicyclic) bond motifs is 2. The molecule has 0 spiro atoms. The van der Waals surface area contributed by atoms with Crippen molar-refractivity contribution >= 4 is 28.5 Å². The van der Waals surface area contributed by atoms with Crippen molar-refractivity contribution in [2.75, 3.05) is 19.6 Å². The van der Waals surface area contributed by atoms with E-state index in [1.54, 1.807) is 23.1 Å². The fourth-order valence-electron chi connectivity index (χ4n) is 4.63. The number of nitrogens with zero attached hydrogens (tertiary/aromatic N) is 3. The second-order valence-corrected chi connectivity index (χ2v) is 8.23. The van der Waals surface area contributed by atoms with Crippen LogP contribution in [-0.2, 0) is 0 Å². The zero-order valence-corrected chi connectivity index (χ0v) is 17.2. The molecule has 30 heavy (non-hydrogen) atoms. The molecule has 1 saturated heterocycles. The van der Waals surface area contributed by atoms with E-state index in [9.17, 15) is 14.7 Å². The Kier molecular flexibility index (Phi) is 4.65. The van der Waals surface area contributed by atoms with Gasteiger partial charge in [-0.2, -0.15) is 0 Å². The Morgan fingerprint density at radius 2 is 2.17 bits per heavy atom. The van der Waals surface area contributed by atoms with Gasteiger partial charge in [-0.3, -0.25) is 14.5 Å². The molecular weight excluding hydrogens is 406 g/mol. The minimum atomic E-state index is -0.994. The van der Waals surface area contributed by atoms with Gasteiger partial charge in [-0.1, -0.05) is 18.5 Å². The number of aliphatic hydroxyl groups excluding tert-OH is 1. The maximum Gasteiger partial charge on any atom is 0.260 e. The Bertz CT molecular complexity index is 1200. The summed E-state index contributed by atoms with van der Waals surface area (Å²) in [6.45, 7) is 4.59. The lowest BCUT2D eigenvalue weighted by Crippen LogP contribution is -2.41. The molecule has 2 aromatic heterocycles. The highest BCUT2D eigenvalue weighted by molar-refractivity contribution is 6.33. The van der Waals surface area contributed by atoms with Crippen LogP contribution in [0.15, 0.2) is 29.2 Å². The van der Waals surface area contributed by atoms with E-state index in [2.05, 4.69) is 26.8 Å². The van der Waals surface area contributed by atoms with Gasteiger partial charge >= 0.3 is 0 Å². The van der Waals surface area contributed by atoms with Gasteiger partial charge < -0.3 is 20.0 Å². The minimum absolute atomic E-state index is 0.192. The molecule has 0 saturated carbocycles. The van der Waals surface area contributed by atoms with Gasteiger partial charge in [0.25, 0.3) is 11.5 Å². The first-order valence-corrected chi connectivity index (χ1v) is 10.5. The van der Waals surface area contributed by atoms with Gasteiger partial charge in [0.2, 0.25) is 0 Å². The highest BCUT2D eigenvalue weighted by atomic mass is 35.5. The molecule has 8 nitrogen and oxygen atoms in total. The van der Waals surface area contributed by atoms with E-state index in [4.69, 9.17) is 11.6 Å². The van der Waals surface area contributed by atoms with E-state index < -0.39 is 6.23 Å². The number of nitrogens with one attached hydrogen (secondary N) is 2. The predicted molar refractivity (Wildman–Crippen MR) is 113 cm³/mol. The number of likely N-dealkylation sites (N-methyl/N-ethyl adjacent to an activating group) is 1. The molecular formula is C21H22ClN5O3. The lowest BCUT2D eigenvalue weighted by atomic mass is 10.1. The molecule has 1 fully saturated rings. The molecule has 2 aliphatic rings. The number of H-pyrrole nitrogens is 2. The Balaban J connectivity index is 1.50. The minimum Gasteiger partial charge on any atom is -0.369 e. The molecule has 3 N–H and O–H groups in total. The van der Waals surface area contributed by atoms with Crippen LogP contribution in [0.5, 0.6) is 0 Å². The third-order valence-electron chi connectivity index (χ3n) is 6.18. The molecule has 4 heterocycles. The highest BCUT2D eigenvalue weighted by Crippen LogP contribution is 2.36. The number of aromatic nitrogens is 3. The smallest absolute Gasteiger partial charge is 0.260 e. The zero-order chi connectivity index (χ0) is 21.0. The molecule has 0 bridgehead atoms. The third-order valence-corrected chi connectivity index (χ3v) is 6.49. The Morgan fingerprint density at radius 1 is 1.33 bits per heavy atom.